The van der Waals surface area contributed by atoms with Crippen LogP contribution in [0.1, 0.15) is 0 Å². The number of benzene rings is 1. The predicted octanol–water partition coefficient (Wildman–Crippen LogP) is 1.19. The molecular weight excluding hydrogens is 196 g/mol. The van der Waals surface area contributed by atoms with E-state index in [0.717, 1.165) is 10.1 Å². The molecule has 1 aromatic rings. The molecule has 1 heterocycles. The second-order valence-electron chi connectivity index (χ2n) is 3.14. The molecule has 15 heavy (non-hydrogen) atoms. The van der Waals surface area contributed by atoms with E-state index >= 15 is 0 Å². The number of nitrogens with zero attached hydrogens (tertiary/aromatic N) is 2. The monoisotopic (exact) mass is 208 g/mol. The van der Waals surface area contributed by atoms with E-state index in [4.69, 9.17) is 5.73 Å². The molecule has 0 saturated carbocycles. The smallest absolute Gasteiger partial charge is 0.120 e. The van der Waals surface area contributed by atoms with Gasteiger partial charge in [-0.1, -0.05) is 0 Å². The van der Waals surface area contributed by atoms with Crippen molar-refractivity contribution in [2.75, 3.05) is 28.2 Å². The molecule has 0 fully saturated rings. The fourth-order valence-electron chi connectivity index (χ4n) is 1.55. The molecular formula is C9H12N4O2. The first-order valence-electron chi connectivity index (χ1n) is 4.40. The van der Waals surface area contributed by atoms with E-state index in [1.165, 1.54) is 12.4 Å². The third-order valence-electron chi connectivity index (χ3n) is 2.26. The lowest BCUT2D eigenvalue weighted by Crippen LogP contribution is -2.24. The van der Waals surface area contributed by atoms with Crippen LogP contribution in [0.25, 0.3) is 0 Å². The lowest BCUT2D eigenvalue weighted by atomic mass is 10.1. The molecule has 1 aromatic carbocycles. The number of anilines is 4. The molecule has 0 amide bonds. The molecule has 0 aromatic heterocycles. The summed E-state index contributed by atoms with van der Waals surface area (Å²) in [6.07, 6.45) is 2.63. The van der Waals surface area contributed by atoms with Crippen LogP contribution in [0.3, 0.4) is 0 Å². The van der Waals surface area contributed by atoms with Gasteiger partial charge in [0.25, 0.3) is 0 Å². The average molecular weight is 208 g/mol. The van der Waals surface area contributed by atoms with Crippen molar-refractivity contribution in [3.8, 4) is 0 Å². The van der Waals surface area contributed by atoms with Gasteiger partial charge in [-0.2, -0.15) is 0 Å². The molecule has 0 unspecified atom stereocenters. The number of hydroxylamine groups is 2. The first-order valence-corrected chi connectivity index (χ1v) is 4.40. The summed E-state index contributed by atoms with van der Waals surface area (Å²) in [6, 6.07) is 3.38. The van der Waals surface area contributed by atoms with Crippen molar-refractivity contribution in [2.45, 2.75) is 0 Å². The lowest BCUT2D eigenvalue weighted by molar-refractivity contribution is 0.267. The van der Waals surface area contributed by atoms with Crippen LogP contribution in [0.2, 0.25) is 0 Å². The summed E-state index contributed by atoms with van der Waals surface area (Å²) in [5, 5.41) is 23.9. The van der Waals surface area contributed by atoms with Gasteiger partial charge in [0.05, 0.1) is 23.8 Å². The zero-order valence-electron chi connectivity index (χ0n) is 8.18. The van der Waals surface area contributed by atoms with Crippen molar-refractivity contribution < 1.29 is 10.4 Å². The Morgan fingerprint density at radius 2 is 1.73 bits per heavy atom. The van der Waals surface area contributed by atoms with Crippen molar-refractivity contribution in [2.24, 2.45) is 0 Å². The van der Waals surface area contributed by atoms with Gasteiger partial charge in [-0.05, 0) is 12.1 Å². The Hall–Kier alpha value is -1.92. The van der Waals surface area contributed by atoms with Crippen LogP contribution in [-0.4, -0.2) is 17.5 Å². The summed E-state index contributed by atoms with van der Waals surface area (Å²) in [5.41, 5.74) is 7.54. The highest BCUT2D eigenvalue weighted by Gasteiger charge is 2.22. The van der Waals surface area contributed by atoms with Gasteiger partial charge < -0.3 is 11.1 Å². The SMILES string of the molecule is CNc1ccc(N)c2c1N(O)C=CN2O. The highest BCUT2D eigenvalue weighted by atomic mass is 16.5. The molecule has 6 heteroatoms. The van der Waals surface area contributed by atoms with Crippen molar-refractivity contribution >= 4 is 22.7 Å². The zero-order chi connectivity index (χ0) is 11.0. The summed E-state index contributed by atoms with van der Waals surface area (Å²) >= 11 is 0. The molecule has 80 valence electrons. The topological polar surface area (TPSA) is 85.0 Å². The van der Waals surface area contributed by atoms with Gasteiger partial charge in [0, 0.05) is 7.05 Å². The molecule has 0 spiro atoms. The minimum atomic E-state index is 0.354. The van der Waals surface area contributed by atoms with Gasteiger partial charge in [0.15, 0.2) is 0 Å². The van der Waals surface area contributed by atoms with Gasteiger partial charge in [0.1, 0.15) is 11.4 Å². The second kappa shape index (κ2) is 3.34. The number of hydrogen-bond donors (Lipinski definition) is 4. The summed E-state index contributed by atoms with van der Waals surface area (Å²) < 4.78 is 0. The predicted molar refractivity (Wildman–Crippen MR) is 58.1 cm³/mol. The quantitative estimate of drug-likeness (QED) is 0.519. The van der Waals surface area contributed by atoms with E-state index in [-0.39, 0.29) is 0 Å². The maximum atomic E-state index is 9.63. The van der Waals surface area contributed by atoms with Crippen LogP contribution < -0.4 is 21.2 Å². The van der Waals surface area contributed by atoms with E-state index < -0.39 is 0 Å². The fourth-order valence-corrected chi connectivity index (χ4v) is 1.55. The van der Waals surface area contributed by atoms with Gasteiger partial charge in [-0.15, -0.1) is 0 Å². The number of fused-ring (bicyclic) bond motifs is 1. The van der Waals surface area contributed by atoms with Crippen LogP contribution >= 0.6 is 0 Å². The molecule has 0 bridgehead atoms. The van der Waals surface area contributed by atoms with E-state index in [1.807, 2.05) is 0 Å². The van der Waals surface area contributed by atoms with E-state index in [2.05, 4.69) is 5.32 Å². The third-order valence-corrected chi connectivity index (χ3v) is 2.26. The third kappa shape index (κ3) is 1.36. The lowest BCUT2D eigenvalue weighted by Gasteiger charge is -2.28. The van der Waals surface area contributed by atoms with Crippen molar-refractivity contribution in [1.29, 1.82) is 0 Å². The average Bonchev–Trinajstić information content (AvgIpc) is 2.23. The van der Waals surface area contributed by atoms with Crippen molar-refractivity contribution in [3.05, 3.63) is 24.5 Å². The number of nitrogens with one attached hydrogen (secondary N) is 1. The molecule has 5 N–H and O–H groups in total. The standard InChI is InChI=1S/C9H12N4O2/c1-11-7-3-2-6(10)8-9(7)13(15)5-4-12(8)14/h2-5,11,14-15H,10H2,1H3. The van der Waals surface area contributed by atoms with Gasteiger partial charge in [-0.25, -0.2) is 10.1 Å². The Balaban J connectivity index is 2.67. The Kier molecular flexibility index (Phi) is 2.14. The molecule has 2 rings (SSSR count). The molecule has 0 radical (unpaired) electrons. The summed E-state index contributed by atoms with van der Waals surface area (Å²) in [4.78, 5) is 0. The molecule has 1 aliphatic rings. The van der Waals surface area contributed by atoms with Crippen molar-refractivity contribution in [3.63, 3.8) is 0 Å². The Bertz CT molecular complexity index is 419. The van der Waals surface area contributed by atoms with Gasteiger partial charge in [-0.3, -0.25) is 10.4 Å². The summed E-state index contributed by atoms with van der Waals surface area (Å²) in [7, 11) is 1.72. The highest BCUT2D eigenvalue weighted by molar-refractivity contribution is 5.92. The van der Waals surface area contributed by atoms with Crippen molar-refractivity contribution in [1.82, 2.24) is 0 Å². The first kappa shape index (κ1) is 9.63. The largest absolute Gasteiger partial charge is 0.397 e. The molecule has 0 saturated heterocycles. The fraction of sp³-hybridized carbons (Fsp3) is 0.111. The zero-order valence-corrected chi connectivity index (χ0v) is 8.18. The highest BCUT2D eigenvalue weighted by Crippen LogP contribution is 2.42. The maximum absolute atomic E-state index is 9.63. The number of nitrogens with two attached hydrogens (primary N) is 1. The molecule has 1 aliphatic heterocycles. The molecule has 0 atom stereocenters. The Labute approximate surface area is 86.7 Å². The van der Waals surface area contributed by atoms with Crippen LogP contribution in [-0.2, 0) is 0 Å². The van der Waals surface area contributed by atoms with Gasteiger partial charge in [0.2, 0.25) is 0 Å². The summed E-state index contributed by atoms with van der Waals surface area (Å²) in [6.45, 7) is 0. The minimum absolute atomic E-state index is 0.354. The number of hydrogen-bond acceptors (Lipinski definition) is 6. The van der Waals surface area contributed by atoms with E-state index in [0.29, 0.717) is 22.7 Å². The molecule has 0 aliphatic carbocycles. The van der Waals surface area contributed by atoms with E-state index in [9.17, 15) is 10.4 Å². The maximum Gasteiger partial charge on any atom is 0.120 e. The van der Waals surface area contributed by atoms with Crippen LogP contribution in [0, 0.1) is 0 Å². The van der Waals surface area contributed by atoms with Gasteiger partial charge >= 0.3 is 0 Å². The van der Waals surface area contributed by atoms with Crippen LogP contribution in [0.5, 0.6) is 0 Å². The Morgan fingerprint density at radius 1 is 1.13 bits per heavy atom. The summed E-state index contributed by atoms with van der Waals surface area (Å²) in [5.74, 6) is 0. The van der Waals surface area contributed by atoms with Crippen LogP contribution in [0.15, 0.2) is 24.5 Å². The minimum Gasteiger partial charge on any atom is -0.397 e. The van der Waals surface area contributed by atoms with E-state index in [1.54, 1.807) is 19.2 Å². The second-order valence-corrected chi connectivity index (χ2v) is 3.14. The first-order chi connectivity index (χ1) is 7.15. The molecule has 6 nitrogen and oxygen atoms in total. The number of rotatable bonds is 1. The number of nitrogen functional groups attached to an aromatic ring is 1. The Morgan fingerprint density at radius 3 is 2.33 bits per heavy atom. The van der Waals surface area contributed by atoms with Crippen LogP contribution in [0.4, 0.5) is 22.7 Å². The normalized spacial score (nSPS) is 14.1.